The molecule has 0 atom stereocenters. The smallest absolute Gasteiger partial charge is 0.251 e. The first kappa shape index (κ1) is 21.6. The highest BCUT2D eigenvalue weighted by Crippen LogP contribution is 2.21. The van der Waals surface area contributed by atoms with Crippen LogP contribution in [0.4, 0.5) is 4.39 Å². The van der Waals surface area contributed by atoms with Crippen LogP contribution >= 0.6 is 11.8 Å². The molecule has 0 unspecified atom stereocenters. The van der Waals surface area contributed by atoms with Crippen molar-refractivity contribution in [1.29, 1.82) is 0 Å². The Hall–Kier alpha value is -3.13. The molecule has 30 heavy (non-hydrogen) atoms. The lowest BCUT2D eigenvalue weighted by Crippen LogP contribution is -2.28. The summed E-state index contributed by atoms with van der Waals surface area (Å²) in [5.74, 6) is 0.857. The number of amides is 1. The Morgan fingerprint density at radius 3 is 2.73 bits per heavy atom. The summed E-state index contributed by atoms with van der Waals surface area (Å²) in [5.41, 5.74) is 2.08. The molecular formula is C22H22FN3O3S. The van der Waals surface area contributed by atoms with Gasteiger partial charge in [-0.25, -0.2) is 9.37 Å². The number of aromatic amines is 1. The predicted octanol–water partition coefficient (Wildman–Crippen LogP) is 3.11. The van der Waals surface area contributed by atoms with Crippen LogP contribution in [0, 0.1) is 5.82 Å². The van der Waals surface area contributed by atoms with Gasteiger partial charge in [0.25, 0.3) is 5.56 Å². The van der Waals surface area contributed by atoms with Crippen molar-refractivity contribution in [3.05, 3.63) is 87.6 Å². The van der Waals surface area contributed by atoms with Crippen LogP contribution in [0.3, 0.4) is 0 Å². The summed E-state index contributed by atoms with van der Waals surface area (Å²) in [6, 6.07) is 15.1. The SMILES string of the molecule is COc1cccc(CSc2nc(CC(=O)NCCc3ccc(F)cc3)cc(=O)[nH]2)c1. The quantitative estimate of drug-likeness (QED) is 0.405. The molecule has 156 valence electrons. The standard InChI is InChI=1S/C22H22FN3O3S/c1-29-19-4-2-3-16(11-19)14-30-22-25-18(13-21(28)26-22)12-20(27)24-10-9-15-5-7-17(23)8-6-15/h2-8,11,13H,9-10,12,14H2,1H3,(H,24,27)(H,25,26,28). The topological polar surface area (TPSA) is 84.1 Å². The minimum atomic E-state index is -0.299. The van der Waals surface area contributed by atoms with E-state index in [0.717, 1.165) is 16.9 Å². The Morgan fingerprint density at radius 2 is 1.97 bits per heavy atom. The summed E-state index contributed by atoms with van der Waals surface area (Å²) in [5, 5.41) is 3.26. The summed E-state index contributed by atoms with van der Waals surface area (Å²) >= 11 is 1.38. The maximum Gasteiger partial charge on any atom is 0.251 e. The maximum atomic E-state index is 12.9. The van der Waals surface area contributed by atoms with E-state index in [1.807, 2.05) is 24.3 Å². The van der Waals surface area contributed by atoms with Gasteiger partial charge >= 0.3 is 0 Å². The lowest BCUT2D eigenvalue weighted by molar-refractivity contribution is -0.120. The summed E-state index contributed by atoms with van der Waals surface area (Å²) in [4.78, 5) is 31.2. The molecule has 0 aliphatic carbocycles. The van der Waals surface area contributed by atoms with Gasteiger partial charge in [-0.15, -0.1) is 0 Å². The fourth-order valence-electron chi connectivity index (χ4n) is 2.78. The Labute approximate surface area is 177 Å². The molecule has 1 aromatic heterocycles. The second-order valence-electron chi connectivity index (χ2n) is 6.59. The zero-order valence-corrected chi connectivity index (χ0v) is 17.3. The first-order valence-corrected chi connectivity index (χ1v) is 10.4. The molecule has 2 aromatic carbocycles. The molecule has 0 spiro atoms. The fourth-order valence-corrected chi connectivity index (χ4v) is 3.62. The van der Waals surface area contributed by atoms with E-state index in [-0.39, 0.29) is 23.7 Å². The number of thioether (sulfide) groups is 1. The number of hydrogen-bond acceptors (Lipinski definition) is 5. The predicted molar refractivity (Wildman–Crippen MR) is 114 cm³/mol. The molecule has 2 N–H and O–H groups in total. The Kier molecular flexibility index (Phi) is 7.62. The molecule has 0 radical (unpaired) electrons. The third-order valence-electron chi connectivity index (χ3n) is 4.27. The van der Waals surface area contributed by atoms with E-state index in [9.17, 15) is 14.0 Å². The van der Waals surface area contributed by atoms with Gasteiger partial charge < -0.3 is 15.0 Å². The molecule has 0 bridgehead atoms. The van der Waals surface area contributed by atoms with E-state index in [2.05, 4.69) is 15.3 Å². The van der Waals surface area contributed by atoms with E-state index < -0.39 is 0 Å². The number of aromatic nitrogens is 2. The molecule has 3 aromatic rings. The van der Waals surface area contributed by atoms with Crippen molar-refractivity contribution in [2.75, 3.05) is 13.7 Å². The number of H-pyrrole nitrogens is 1. The summed E-state index contributed by atoms with van der Waals surface area (Å²) in [6.45, 7) is 0.422. The van der Waals surface area contributed by atoms with Crippen LogP contribution in [0.5, 0.6) is 5.75 Å². The van der Waals surface area contributed by atoms with Crippen molar-refractivity contribution in [2.45, 2.75) is 23.8 Å². The van der Waals surface area contributed by atoms with Crippen LogP contribution in [-0.4, -0.2) is 29.5 Å². The number of rotatable bonds is 9. The van der Waals surface area contributed by atoms with Crippen molar-refractivity contribution in [1.82, 2.24) is 15.3 Å². The van der Waals surface area contributed by atoms with Crippen LogP contribution < -0.4 is 15.6 Å². The van der Waals surface area contributed by atoms with Crippen molar-refractivity contribution in [3.63, 3.8) is 0 Å². The first-order valence-electron chi connectivity index (χ1n) is 9.39. The van der Waals surface area contributed by atoms with Gasteiger partial charge in [-0.05, 0) is 41.8 Å². The van der Waals surface area contributed by atoms with Crippen molar-refractivity contribution < 1.29 is 13.9 Å². The van der Waals surface area contributed by atoms with Crippen molar-refractivity contribution in [2.24, 2.45) is 0 Å². The molecule has 6 nitrogen and oxygen atoms in total. The normalized spacial score (nSPS) is 10.6. The van der Waals surface area contributed by atoms with E-state index in [0.29, 0.717) is 29.6 Å². The number of hydrogen-bond donors (Lipinski definition) is 2. The average molecular weight is 428 g/mol. The molecule has 0 saturated carbocycles. The largest absolute Gasteiger partial charge is 0.497 e. The highest BCUT2D eigenvalue weighted by atomic mass is 32.2. The molecule has 3 rings (SSSR count). The van der Waals surface area contributed by atoms with Gasteiger partial charge in [-0.1, -0.05) is 36.0 Å². The van der Waals surface area contributed by atoms with E-state index in [4.69, 9.17) is 4.74 Å². The molecule has 8 heteroatoms. The monoisotopic (exact) mass is 427 g/mol. The molecule has 0 aliphatic rings. The zero-order valence-electron chi connectivity index (χ0n) is 16.5. The maximum absolute atomic E-state index is 12.9. The van der Waals surface area contributed by atoms with E-state index in [1.54, 1.807) is 19.2 Å². The van der Waals surface area contributed by atoms with Crippen molar-refractivity contribution in [3.8, 4) is 5.75 Å². The third-order valence-corrected chi connectivity index (χ3v) is 5.22. The average Bonchev–Trinajstić information content (AvgIpc) is 2.73. The molecule has 1 heterocycles. The minimum absolute atomic E-state index is 0.0139. The molecule has 0 saturated heterocycles. The highest BCUT2D eigenvalue weighted by Gasteiger charge is 2.08. The van der Waals surface area contributed by atoms with Gasteiger partial charge in [0.1, 0.15) is 11.6 Å². The second-order valence-corrected chi connectivity index (χ2v) is 7.55. The number of methoxy groups -OCH3 is 1. The Morgan fingerprint density at radius 1 is 1.17 bits per heavy atom. The lowest BCUT2D eigenvalue weighted by Gasteiger charge is -2.07. The van der Waals surface area contributed by atoms with Gasteiger partial charge in [0.15, 0.2) is 5.16 Å². The molecule has 0 fully saturated rings. The summed E-state index contributed by atoms with van der Waals surface area (Å²) < 4.78 is 18.1. The number of nitrogens with one attached hydrogen (secondary N) is 2. The number of ether oxygens (including phenoxy) is 1. The molecule has 1 amide bonds. The van der Waals surface area contributed by atoms with Gasteiger partial charge in [0.2, 0.25) is 5.91 Å². The molecule has 0 aliphatic heterocycles. The fraction of sp³-hybridized carbons (Fsp3) is 0.227. The minimum Gasteiger partial charge on any atom is -0.497 e. The van der Waals surface area contributed by atoms with E-state index in [1.165, 1.54) is 30.0 Å². The zero-order chi connectivity index (χ0) is 21.3. The number of carbonyl (C=O) groups is 1. The number of halogens is 1. The number of benzene rings is 2. The first-order chi connectivity index (χ1) is 14.5. The summed E-state index contributed by atoms with van der Waals surface area (Å²) in [6.07, 6.45) is 0.608. The van der Waals surface area contributed by atoms with Crippen LogP contribution in [0.25, 0.3) is 0 Å². The highest BCUT2D eigenvalue weighted by molar-refractivity contribution is 7.98. The molecular weight excluding hydrogens is 405 g/mol. The van der Waals surface area contributed by atoms with Crippen LogP contribution in [-0.2, 0) is 23.4 Å². The van der Waals surface area contributed by atoms with E-state index >= 15 is 0 Å². The van der Waals surface area contributed by atoms with Gasteiger partial charge in [0, 0.05) is 18.4 Å². The summed E-state index contributed by atoms with van der Waals surface area (Å²) in [7, 11) is 1.61. The van der Waals surface area contributed by atoms with Gasteiger partial charge in [-0.3, -0.25) is 9.59 Å². The van der Waals surface area contributed by atoms with Crippen LogP contribution in [0.15, 0.2) is 64.5 Å². The third kappa shape index (κ3) is 6.73. The van der Waals surface area contributed by atoms with Crippen molar-refractivity contribution >= 4 is 17.7 Å². The number of carbonyl (C=O) groups excluding carboxylic acids is 1. The van der Waals surface area contributed by atoms with Crippen LogP contribution in [0.2, 0.25) is 0 Å². The number of nitrogens with zero attached hydrogens (tertiary/aromatic N) is 1. The van der Waals surface area contributed by atoms with Crippen LogP contribution in [0.1, 0.15) is 16.8 Å². The second kappa shape index (κ2) is 10.6. The Bertz CT molecular complexity index is 1050. The lowest BCUT2D eigenvalue weighted by atomic mass is 10.1. The Balaban J connectivity index is 1.53. The van der Waals surface area contributed by atoms with Gasteiger partial charge in [0.05, 0.1) is 19.2 Å². The van der Waals surface area contributed by atoms with Gasteiger partial charge in [-0.2, -0.15) is 0 Å².